The summed E-state index contributed by atoms with van der Waals surface area (Å²) in [6.45, 7) is 3.87. The number of benzene rings is 1. The maximum absolute atomic E-state index is 12.5. The van der Waals surface area contributed by atoms with Gasteiger partial charge in [-0.15, -0.1) is 0 Å². The lowest BCUT2D eigenvalue weighted by atomic mass is 9.82. The topological polar surface area (TPSA) is 78.5 Å². The van der Waals surface area contributed by atoms with Crippen LogP contribution < -0.4 is 10.4 Å². The van der Waals surface area contributed by atoms with E-state index in [1.165, 1.54) is 0 Å². The summed E-state index contributed by atoms with van der Waals surface area (Å²) in [7, 11) is 0. The van der Waals surface area contributed by atoms with Crippen LogP contribution in [-0.2, 0) is 14.3 Å². The van der Waals surface area contributed by atoms with Crippen LogP contribution in [0.3, 0.4) is 0 Å². The van der Waals surface area contributed by atoms with Gasteiger partial charge in [0.2, 0.25) is 5.91 Å². The number of rotatable bonds is 3. The van der Waals surface area contributed by atoms with Crippen molar-refractivity contribution in [1.82, 2.24) is 0 Å². The number of carbonyl (C=O) groups excluding carboxylic acids is 2. The Morgan fingerprint density at radius 3 is 2.48 bits per heavy atom. The molecule has 2 bridgehead atoms. The molecule has 1 N–H and O–H groups in total. The zero-order chi connectivity index (χ0) is 15.1. The minimum atomic E-state index is -1.24. The maximum atomic E-state index is 12.5. The molecule has 21 heavy (non-hydrogen) atoms. The van der Waals surface area contributed by atoms with E-state index < -0.39 is 30.0 Å². The van der Waals surface area contributed by atoms with Crippen LogP contribution in [-0.4, -0.2) is 24.1 Å². The number of nitrogens with one attached hydrogen (secondary N) is 1. The second kappa shape index (κ2) is 5.00. The summed E-state index contributed by atoms with van der Waals surface area (Å²) in [4.78, 5) is 23.7. The smallest absolute Gasteiger partial charge is 0.231 e. The standard InChI is InChI=1S/C16H17NO4/c1-8-4-3-5-10(9(8)2)17-15(18)13-11-6-7-12(21-11)14(13)16(19)20/h3-7,11-14H,1-2H3,(H,17,18)(H,19,20)/p-1/t11-,12+,13+,14+/m1/s1. The highest BCUT2D eigenvalue weighted by molar-refractivity contribution is 5.97. The molecule has 0 saturated carbocycles. The van der Waals surface area contributed by atoms with E-state index in [9.17, 15) is 14.7 Å². The highest BCUT2D eigenvalue weighted by Crippen LogP contribution is 2.39. The number of amides is 1. The predicted octanol–water partition coefficient (Wildman–Crippen LogP) is 0.561. The highest BCUT2D eigenvalue weighted by atomic mass is 16.5. The first-order chi connectivity index (χ1) is 9.99. The van der Waals surface area contributed by atoms with Crippen LogP contribution >= 0.6 is 0 Å². The number of hydrogen-bond donors (Lipinski definition) is 1. The molecule has 2 heterocycles. The maximum Gasteiger partial charge on any atom is 0.231 e. The zero-order valence-corrected chi connectivity index (χ0v) is 11.8. The molecule has 3 rings (SSSR count). The Balaban J connectivity index is 1.84. The lowest BCUT2D eigenvalue weighted by Gasteiger charge is -2.25. The summed E-state index contributed by atoms with van der Waals surface area (Å²) >= 11 is 0. The van der Waals surface area contributed by atoms with Gasteiger partial charge in [-0.25, -0.2) is 0 Å². The first-order valence-corrected chi connectivity index (χ1v) is 6.91. The number of carboxylic acids is 1. The van der Waals surface area contributed by atoms with Gasteiger partial charge in [-0.05, 0) is 31.0 Å². The van der Waals surface area contributed by atoms with E-state index in [4.69, 9.17) is 4.74 Å². The molecular formula is C16H16NO4-. The predicted molar refractivity (Wildman–Crippen MR) is 74.3 cm³/mol. The average Bonchev–Trinajstić information content (AvgIpc) is 3.04. The fraction of sp³-hybridized carbons (Fsp3) is 0.375. The largest absolute Gasteiger partial charge is 0.550 e. The van der Waals surface area contributed by atoms with E-state index in [-0.39, 0.29) is 5.91 Å². The van der Waals surface area contributed by atoms with Crippen LogP contribution in [0.5, 0.6) is 0 Å². The number of ether oxygens (including phenoxy) is 1. The molecule has 1 aromatic rings. The van der Waals surface area contributed by atoms with Gasteiger partial charge in [0.25, 0.3) is 0 Å². The number of fused-ring (bicyclic) bond motifs is 2. The quantitative estimate of drug-likeness (QED) is 0.824. The third-order valence-electron chi connectivity index (χ3n) is 4.34. The van der Waals surface area contributed by atoms with Crippen LogP contribution in [0.15, 0.2) is 30.4 Å². The van der Waals surface area contributed by atoms with Gasteiger partial charge in [0.15, 0.2) is 0 Å². The minimum absolute atomic E-state index is 0.338. The first-order valence-electron chi connectivity index (χ1n) is 6.91. The second-order valence-corrected chi connectivity index (χ2v) is 5.56. The van der Waals surface area contributed by atoms with E-state index >= 15 is 0 Å². The van der Waals surface area contributed by atoms with Crippen molar-refractivity contribution in [1.29, 1.82) is 0 Å². The Labute approximate surface area is 122 Å². The summed E-state index contributed by atoms with van der Waals surface area (Å²) < 4.78 is 5.48. The molecule has 5 nitrogen and oxygen atoms in total. The minimum Gasteiger partial charge on any atom is -0.550 e. The van der Waals surface area contributed by atoms with E-state index in [2.05, 4.69) is 5.32 Å². The van der Waals surface area contributed by atoms with Crippen molar-refractivity contribution in [2.24, 2.45) is 11.8 Å². The number of hydrogen-bond acceptors (Lipinski definition) is 4. The molecule has 1 saturated heterocycles. The first kappa shape index (κ1) is 13.8. The Morgan fingerprint density at radius 2 is 1.81 bits per heavy atom. The number of anilines is 1. The van der Waals surface area contributed by atoms with Crippen LogP contribution in [0, 0.1) is 25.7 Å². The molecule has 110 valence electrons. The summed E-state index contributed by atoms with van der Waals surface area (Å²) in [5.41, 5.74) is 2.73. The average molecular weight is 286 g/mol. The van der Waals surface area contributed by atoms with Gasteiger partial charge in [-0.2, -0.15) is 0 Å². The van der Waals surface area contributed by atoms with Gasteiger partial charge >= 0.3 is 0 Å². The number of aryl methyl sites for hydroxylation is 1. The van der Waals surface area contributed by atoms with E-state index in [1.54, 1.807) is 18.2 Å². The van der Waals surface area contributed by atoms with E-state index in [0.717, 1.165) is 11.1 Å². The van der Waals surface area contributed by atoms with Crippen LogP contribution in [0.2, 0.25) is 0 Å². The molecule has 1 amide bonds. The Morgan fingerprint density at radius 1 is 1.14 bits per heavy atom. The Bertz CT molecular complexity index is 637. The third kappa shape index (κ3) is 2.23. The lowest BCUT2D eigenvalue weighted by Crippen LogP contribution is -2.45. The molecule has 2 aliphatic rings. The van der Waals surface area contributed by atoms with E-state index in [0.29, 0.717) is 5.69 Å². The van der Waals surface area contributed by atoms with Gasteiger partial charge in [0.1, 0.15) is 0 Å². The SMILES string of the molecule is Cc1cccc(NC(=O)[C@@H]2[C@@H](C(=O)[O-])[C@@H]3C=C[C@H]2O3)c1C. The molecule has 1 aromatic carbocycles. The fourth-order valence-electron chi connectivity index (χ4n) is 3.00. The lowest BCUT2D eigenvalue weighted by molar-refractivity contribution is -0.313. The summed E-state index contributed by atoms with van der Waals surface area (Å²) in [5, 5.41) is 14.1. The second-order valence-electron chi connectivity index (χ2n) is 5.56. The molecule has 0 radical (unpaired) electrons. The van der Waals surface area contributed by atoms with Crippen molar-refractivity contribution >= 4 is 17.6 Å². The van der Waals surface area contributed by atoms with Crippen molar-refractivity contribution in [2.75, 3.05) is 5.32 Å². The summed E-state index contributed by atoms with van der Waals surface area (Å²) in [5.74, 6) is -3.25. The van der Waals surface area contributed by atoms with Gasteiger partial charge in [-0.3, -0.25) is 4.79 Å². The van der Waals surface area contributed by atoms with Crippen LogP contribution in [0.1, 0.15) is 11.1 Å². The number of aliphatic carboxylic acids is 1. The third-order valence-corrected chi connectivity index (χ3v) is 4.34. The fourth-order valence-corrected chi connectivity index (χ4v) is 3.00. The van der Waals surface area contributed by atoms with Crippen molar-refractivity contribution in [2.45, 2.75) is 26.1 Å². The van der Waals surface area contributed by atoms with Gasteiger partial charge < -0.3 is 20.0 Å². The van der Waals surface area contributed by atoms with Crippen molar-refractivity contribution < 1.29 is 19.4 Å². The molecule has 2 aliphatic heterocycles. The van der Waals surface area contributed by atoms with E-state index in [1.807, 2.05) is 26.0 Å². The van der Waals surface area contributed by atoms with Gasteiger partial charge in [0.05, 0.1) is 18.1 Å². The molecule has 4 atom stereocenters. The summed E-state index contributed by atoms with van der Waals surface area (Å²) in [6.07, 6.45) is 2.39. The van der Waals surface area contributed by atoms with Crippen LogP contribution in [0.25, 0.3) is 0 Å². The Kier molecular flexibility index (Phi) is 3.29. The Hall–Kier alpha value is -2.14. The van der Waals surface area contributed by atoms with Gasteiger partial charge in [0, 0.05) is 17.6 Å². The van der Waals surface area contributed by atoms with Crippen molar-refractivity contribution in [3.63, 3.8) is 0 Å². The molecular weight excluding hydrogens is 270 g/mol. The molecule has 0 unspecified atom stereocenters. The molecule has 5 heteroatoms. The van der Waals surface area contributed by atoms with Crippen molar-refractivity contribution in [3.05, 3.63) is 41.5 Å². The van der Waals surface area contributed by atoms with Gasteiger partial charge in [-0.1, -0.05) is 24.3 Å². The molecule has 1 fully saturated rings. The normalized spacial score (nSPS) is 29.6. The molecule has 0 aliphatic carbocycles. The number of carboxylic acid groups (broad SMARTS) is 1. The van der Waals surface area contributed by atoms with Crippen LogP contribution in [0.4, 0.5) is 5.69 Å². The molecule has 0 spiro atoms. The van der Waals surface area contributed by atoms with Crippen molar-refractivity contribution in [3.8, 4) is 0 Å². The molecule has 0 aromatic heterocycles. The number of carbonyl (C=O) groups is 2. The summed E-state index contributed by atoms with van der Waals surface area (Å²) in [6, 6.07) is 5.61. The zero-order valence-electron chi connectivity index (χ0n) is 11.8. The monoisotopic (exact) mass is 286 g/mol. The highest BCUT2D eigenvalue weighted by Gasteiger charge is 2.50.